The first-order chi connectivity index (χ1) is 7.77. The maximum absolute atomic E-state index is 11.9. The predicted molar refractivity (Wildman–Crippen MR) is 57.6 cm³/mol. The fourth-order valence-electron chi connectivity index (χ4n) is 2.91. The lowest BCUT2D eigenvalue weighted by Crippen LogP contribution is -2.32. The van der Waals surface area contributed by atoms with E-state index in [0.29, 0.717) is 18.4 Å². The minimum absolute atomic E-state index is 0.0378. The van der Waals surface area contributed by atoms with Crippen molar-refractivity contribution in [3.05, 3.63) is 12.2 Å². The molecule has 16 heavy (non-hydrogen) atoms. The van der Waals surface area contributed by atoms with Crippen molar-refractivity contribution >= 4 is 5.97 Å². The highest BCUT2D eigenvalue weighted by atomic mass is 16.7. The standard InChI is InChI=1S/C12H18O4/c1-14-6-10-8-3-4-9(5-8)11(10)12(13)16-7-15-2/h3-4,8-11H,5-7H2,1-2H3. The van der Waals surface area contributed by atoms with E-state index in [1.54, 1.807) is 7.11 Å². The Hall–Kier alpha value is -0.870. The monoisotopic (exact) mass is 226 g/mol. The van der Waals surface area contributed by atoms with Crippen LogP contribution in [0.5, 0.6) is 0 Å². The van der Waals surface area contributed by atoms with Crippen LogP contribution < -0.4 is 0 Å². The van der Waals surface area contributed by atoms with Gasteiger partial charge in [-0.05, 0) is 18.3 Å². The number of hydrogen-bond donors (Lipinski definition) is 0. The van der Waals surface area contributed by atoms with E-state index in [1.165, 1.54) is 7.11 Å². The highest BCUT2D eigenvalue weighted by Crippen LogP contribution is 2.48. The third kappa shape index (κ3) is 1.99. The summed E-state index contributed by atoms with van der Waals surface area (Å²) >= 11 is 0. The Morgan fingerprint density at radius 3 is 2.69 bits per heavy atom. The lowest BCUT2D eigenvalue weighted by molar-refractivity contribution is -0.162. The SMILES string of the molecule is COCOC(=O)C1C2C=CC(C2)C1COC. The van der Waals surface area contributed by atoms with E-state index in [2.05, 4.69) is 12.2 Å². The van der Waals surface area contributed by atoms with Crippen molar-refractivity contribution in [3.63, 3.8) is 0 Å². The van der Waals surface area contributed by atoms with E-state index in [9.17, 15) is 4.79 Å². The Morgan fingerprint density at radius 1 is 1.25 bits per heavy atom. The van der Waals surface area contributed by atoms with Gasteiger partial charge in [-0.1, -0.05) is 12.2 Å². The van der Waals surface area contributed by atoms with Gasteiger partial charge < -0.3 is 14.2 Å². The van der Waals surface area contributed by atoms with Crippen molar-refractivity contribution in [2.45, 2.75) is 6.42 Å². The topological polar surface area (TPSA) is 44.8 Å². The van der Waals surface area contributed by atoms with Gasteiger partial charge in [-0.2, -0.15) is 0 Å². The second-order valence-corrected chi connectivity index (χ2v) is 4.46. The number of hydrogen-bond acceptors (Lipinski definition) is 4. The van der Waals surface area contributed by atoms with Crippen LogP contribution in [0.15, 0.2) is 12.2 Å². The fourth-order valence-corrected chi connectivity index (χ4v) is 2.91. The molecule has 4 heteroatoms. The van der Waals surface area contributed by atoms with Crippen molar-refractivity contribution in [2.75, 3.05) is 27.6 Å². The molecule has 4 nitrogen and oxygen atoms in total. The van der Waals surface area contributed by atoms with Crippen LogP contribution in [-0.4, -0.2) is 33.6 Å². The van der Waals surface area contributed by atoms with E-state index >= 15 is 0 Å². The number of methoxy groups -OCH3 is 2. The average molecular weight is 226 g/mol. The summed E-state index contributed by atoms with van der Waals surface area (Å²) < 4.78 is 15.0. The van der Waals surface area contributed by atoms with Crippen molar-refractivity contribution in [1.29, 1.82) is 0 Å². The molecule has 2 bridgehead atoms. The van der Waals surface area contributed by atoms with Gasteiger partial charge in [-0.15, -0.1) is 0 Å². The van der Waals surface area contributed by atoms with Gasteiger partial charge in [-0.25, -0.2) is 0 Å². The maximum Gasteiger partial charge on any atom is 0.312 e. The molecule has 2 rings (SSSR count). The van der Waals surface area contributed by atoms with Crippen LogP contribution in [-0.2, 0) is 19.0 Å². The van der Waals surface area contributed by atoms with Gasteiger partial charge in [0.25, 0.3) is 0 Å². The molecular formula is C12H18O4. The zero-order valence-electron chi connectivity index (χ0n) is 9.72. The van der Waals surface area contributed by atoms with Crippen LogP contribution in [0.3, 0.4) is 0 Å². The smallest absolute Gasteiger partial charge is 0.312 e. The van der Waals surface area contributed by atoms with Crippen LogP contribution in [0, 0.1) is 23.7 Å². The number of allylic oxidation sites excluding steroid dienone is 2. The molecule has 0 aliphatic heterocycles. The number of rotatable bonds is 5. The number of esters is 1. The van der Waals surface area contributed by atoms with E-state index in [-0.39, 0.29) is 24.6 Å². The molecule has 0 heterocycles. The first-order valence-electron chi connectivity index (χ1n) is 5.60. The quantitative estimate of drug-likeness (QED) is 0.401. The normalized spacial score (nSPS) is 35.6. The minimum Gasteiger partial charge on any atom is -0.438 e. The summed E-state index contributed by atoms with van der Waals surface area (Å²) in [6.07, 6.45) is 5.39. The molecule has 4 unspecified atom stereocenters. The molecule has 4 atom stereocenters. The number of fused-ring (bicyclic) bond motifs is 2. The molecule has 0 aromatic carbocycles. The van der Waals surface area contributed by atoms with E-state index < -0.39 is 0 Å². The van der Waals surface area contributed by atoms with Crippen LogP contribution in [0.4, 0.5) is 0 Å². The van der Waals surface area contributed by atoms with Gasteiger partial charge in [-0.3, -0.25) is 4.79 Å². The molecule has 0 aromatic heterocycles. The summed E-state index contributed by atoms with van der Waals surface area (Å²) in [7, 11) is 3.19. The van der Waals surface area contributed by atoms with Gasteiger partial charge in [0, 0.05) is 20.1 Å². The third-order valence-corrected chi connectivity index (χ3v) is 3.57. The van der Waals surface area contributed by atoms with Crippen LogP contribution in [0.25, 0.3) is 0 Å². The van der Waals surface area contributed by atoms with E-state index in [4.69, 9.17) is 14.2 Å². The second-order valence-electron chi connectivity index (χ2n) is 4.46. The molecule has 2 aliphatic rings. The van der Waals surface area contributed by atoms with Gasteiger partial charge in [0.2, 0.25) is 0 Å². The number of ether oxygens (including phenoxy) is 3. The highest BCUT2D eigenvalue weighted by molar-refractivity contribution is 5.74. The molecule has 0 radical (unpaired) electrons. The van der Waals surface area contributed by atoms with Crippen molar-refractivity contribution in [1.82, 2.24) is 0 Å². The van der Waals surface area contributed by atoms with Crippen LogP contribution >= 0.6 is 0 Å². The number of carbonyl (C=O) groups is 1. The summed E-state index contributed by atoms with van der Waals surface area (Å²) in [6, 6.07) is 0. The molecule has 0 amide bonds. The molecule has 90 valence electrons. The Kier molecular flexibility index (Phi) is 3.61. The predicted octanol–water partition coefficient (Wildman–Crippen LogP) is 1.22. The lowest BCUT2D eigenvalue weighted by atomic mass is 9.83. The van der Waals surface area contributed by atoms with Crippen molar-refractivity contribution in [2.24, 2.45) is 23.7 Å². The summed E-state index contributed by atoms with van der Waals surface area (Å²) in [4.78, 5) is 11.9. The van der Waals surface area contributed by atoms with Crippen molar-refractivity contribution in [3.8, 4) is 0 Å². The average Bonchev–Trinajstić information content (AvgIpc) is 2.86. The largest absolute Gasteiger partial charge is 0.438 e. The zero-order valence-corrected chi connectivity index (χ0v) is 9.72. The Bertz CT molecular complexity index is 287. The second kappa shape index (κ2) is 4.97. The summed E-state index contributed by atoms with van der Waals surface area (Å²) in [5.41, 5.74) is 0. The van der Waals surface area contributed by atoms with E-state index in [1.807, 2.05) is 0 Å². The highest BCUT2D eigenvalue weighted by Gasteiger charge is 2.48. The van der Waals surface area contributed by atoms with Crippen LogP contribution in [0.1, 0.15) is 6.42 Å². The van der Waals surface area contributed by atoms with E-state index in [0.717, 1.165) is 6.42 Å². The molecule has 0 spiro atoms. The van der Waals surface area contributed by atoms with Gasteiger partial charge >= 0.3 is 5.97 Å². The zero-order chi connectivity index (χ0) is 11.5. The molecule has 0 N–H and O–H groups in total. The third-order valence-electron chi connectivity index (χ3n) is 3.57. The molecule has 0 aromatic rings. The van der Waals surface area contributed by atoms with Crippen molar-refractivity contribution < 1.29 is 19.0 Å². The van der Waals surface area contributed by atoms with Crippen LogP contribution in [0.2, 0.25) is 0 Å². The lowest BCUT2D eigenvalue weighted by Gasteiger charge is -2.25. The maximum atomic E-state index is 11.9. The molecule has 1 fully saturated rings. The molecule has 1 saturated carbocycles. The first kappa shape index (κ1) is 11.6. The van der Waals surface area contributed by atoms with Gasteiger partial charge in [0.15, 0.2) is 6.79 Å². The fraction of sp³-hybridized carbons (Fsp3) is 0.750. The minimum atomic E-state index is -0.152. The molecule has 2 aliphatic carbocycles. The Labute approximate surface area is 95.6 Å². The first-order valence-corrected chi connectivity index (χ1v) is 5.60. The Morgan fingerprint density at radius 2 is 2.00 bits per heavy atom. The molecule has 0 saturated heterocycles. The Balaban J connectivity index is 2.01. The van der Waals surface area contributed by atoms with Gasteiger partial charge in [0.1, 0.15) is 0 Å². The molecular weight excluding hydrogens is 208 g/mol. The number of carbonyl (C=O) groups excluding carboxylic acids is 1. The summed E-state index contributed by atoms with van der Waals surface area (Å²) in [6.45, 7) is 0.661. The van der Waals surface area contributed by atoms with Gasteiger partial charge in [0.05, 0.1) is 12.5 Å². The summed E-state index contributed by atoms with van der Waals surface area (Å²) in [5, 5.41) is 0. The summed E-state index contributed by atoms with van der Waals surface area (Å²) in [5.74, 6) is 0.870.